The first-order valence-electron chi connectivity index (χ1n) is 9.12. The van der Waals surface area contributed by atoms with Crippen LogP contribution in [0.1, 0.15) is 37.8 Å². The van der Waals surface area contributed by atoms with E-state index in [2.05, 4.69) is 20.6 Å². The van der Waals surface area contributed by atoms with Gasteiger partial charge in [-0.05, 0) is 68.9 Å². The molecule has 2 saturated heterocycles. The number of nitrogens with zero attached hydrogens (tertiary/aromatic N) is 2. The number of rotatable bonds is 4. The Bertz CT molecular complexity index is 747. The van der Waals surface area contributed by atoms with Crippen molar-refractivity contribution in [1.82, 2.24) is 15.3 Å². The van der Waals surface area contributed by atoms with Crippen LogP contribution in [0.15, 0.2) is 36.5 Å². The predicted molar refractivity (Wildman–Crippen MR) is 98.1 cm³/mol. The van der Waals surface area contributed by atoms with E-state index in [0.717, 1.165) is 29.8 Å². The molecule has 2 N–H and O–H groups in total. The zero-order valence-corrected chi connectivity index (χ0v) is 14.5. The molecule has 0 aliphatic carbocycles. The zero-order chi connectivity index (χ0) is 17.2. The van der Waals surface area contributed by atoms with Gasteiger partial charge in [-0.2, -0.15) is 0 Å². The summed E-state index contributed by atoms with van der Waals surface area (Å²) in [5.41, 5.74) is 2.73. The number of amides is 1. The highest BCUT2D eigenvalue weighted by Crippen LogP contribution is 2.32. The van der Waals surface area contributed by atoms with Gasteiger partial charge in [-0.25, -0.2) is 9.97 Å². The summed E-state index contributed by atoms with van der Waals surface area (Å²) >= 11 is 0. The van der Waals surface area contributed by atoms with Crippen molar-refractivity contribution in [1.29, 1.82) is 0 Å². The SMILES string of the molecule is Cc1ccnc(-c2ccc(NC(=O)CC3CC4CCC(C3)N4)cc2)n1. The topological polar surface area (TPSA) is 66.9 Å². The smallest absolute Gasteiger partial charge is 0.224 e. The molecule has 2 fully saturated rings. The van der Waals surface area contributed by atoms with Crippen molar-refractivity contribution < 1.29 is 4.79 Å². The minimum Gasteiger partial charge on any atom is -0.326 e. The number of aromatic nitrogens is 2. The summed E-state index contributed by atoms with van der Waals surface area (Å²) in [6, 6.07) is 10.9. The predicted octanol–water partition coefficient (Wildman–Crippen LogP) is 3.31. The average Bonchev–Trinajstić information content (AvgIpc) is 2.94. The van der Waals surface area contributed by atoms with Gasteiger partial charge in [-0.3, -0.25) is 4.79 Å². The quantitative estimate of drug-likeness (QED) is 0.899. The van der Waals surface area contributed by atoms with Gasteiger partial charge in [-0.15, -0.1) is 0 Å². The molecule has 0 radical (unpaired) electrons. The van der Waals surface area contributed by atoms with Crippen molar-refractivity contribution in [2.75, 3.05) is 5.32 Å². The van der Waals surface area contributed by atoms with E-state index in [1.807, 2.05) is 37.3 Å². The Balaban J connectivity index is 1.35. The van der Waals surface area contributed by atoms with Crippen molar-refractivity contribution in [2.45, 2.75) is 51.1 Å². The number of piperidine rings is 1. The normalized spacial score (nSPS) is 24.9. The molecule has 0 saturated carbocycles. The molecule has 1 aromatic carbocycles. The van der Waals surface area contributed by atoms with Crippen LogP contribution in [0.25, 0.3) is 11.4 Å². The molecule has 3 heterocycles. The lowest BCUT2D eigenvalue weighted by Gasteiger charge is -2.28. The van der Waals surface area contributed by atoms with E-state index in [4.69, 9.17) is 0 Å². The van der Waals surface area contributed by atoms with Gasteiger partial charge in [0.05, 0.1) is 0 Å². The molecule has 5 heteroatoms. The van der Waals surface area contributed by atoms with Crippen molar-refractivity contribution in [3.63, 3.8) is 0 Å². The molecule has 130 valence electrons. The summed E-state index contributed by atoms with van der Waals surface area (Å²) < 4.78 is 0. The maximum Gasteiger partial charge on any atom is 0.224 e. The average molecular weight is 336 g/mol. The maximum absolute atomic E-state index is 12.4. The van der Waals surface area contributed by atoms with E-state index in [1.165, 1.54) is 12.8 Å². The number of hydrogen-bond acceptors (Lipinski definition) is 4. The number of carbonyl (C=O) groups is 1. The van der Waals surface area contributed by atoms with Gasteiger partial charge in [0.15, 0.2) is 5.82 Å². The fourth-order valence-corrected chi connectivity index (χ4v) is 4.11. The minimum atomic E-state index is 0.117. The van der Waals surface area contributed by atoms with Gasteiger partial charge in [0.1, 0.15) is 0 Å². The number of hydrogen-bond donors (Lipinski definition) is 2. The Hall–Kier alpha value is -2.27. The number of anilines is 1. The first-order valence-corrected chi connectivity index (χ1v) is 9.12. The third kappa shape index (κ3) is 3.87. The van der Waals surface area contributed by atoms with Gasteiger partial charge in [0.2, 0.25) is 5.91 Å². The Kier molecular flexibility index (Phi) is 4.49. The molecule has 2 unspecified atom stereocenters. The molecule has 2 aliphatic rings. The molecule has 4 rings (SSSR count). The first-order chi connectivity index (χ1) is 12.2. The summed E-state index contributed by atoms with van der Waals surface area (Å²) in [6.45, 7) is 1.95. The molecule has 2 atom stereocenters. The minimum absolute atomic E-state index is 0.117. The van der Waals surface area contributed by atoms with Gasteiger partial charge in [0, 0.05) is 41.6 Å². The largest absolute Gasteiger partial charge is 0.326 e. The first kappa shape index (κ1) is 16.2. The fourth-order valence-electron chi connectivity index (χ4n) is 4.11. The summed E-state index contributed by atoms with van der Waals surface area (Å²) in [5, 5.41) is 6.65. The molecular weight excluding hydrogens is 312 g/mol. The van der Waals surface area contributed by atoms with Crippen LogP contribution in [0.5, 0.6) is 0 Å². The molecule has 2 aliphatic heterocycles. The highest BCUT2D eigenvalue weighted by Gasteiger charge is 2.34. The van der Waals surface area contributed by atoms with Gasteiger partial charge >= 0.3 is 0 Å². The van der Waals surface area contributed by atoms with E-state index < -0.39 is 0 Å². The Morgan fingerprint density at radius 3 is 2.56 bits per heavy atom. The standard InChI is InChI=1S/C20H24N4O/c1-13-8-9-21-20(22-13)15-2-4-16(5-3-15)24-19(25)12-14-10-17-6-7-18(11-14)23-17/h2-5,8-9,14,17-18,23H,6-7,10-12H2,1H3,(H,24,25). The molecule has 1 amide bonds. The summed E-state index contributed by atoms with van der Waals surface area (Å²) in [6.07, 6.45) is 7.19. The lowest BCUT2D eigenvalue weighted by atomic mass is 9.89. The molecule has 2 aromatic rings. The van der Waals surface area contributed by atoms with Crippen LogP contribution in [0.3, 0.4) is 0 Å². The van der Waals surface area contributed by atoms with Crippen LogP contribution in [0.4, 0.5) is 5.69 Å². The van der Waals surface area contributed by atoms with Crippen LogP contribution in [0, 0.1) is 12.8 Å². The Morgan fingerprint density at radius 2 is 1.88 bits per heavy atom. The van der Waals surface area contributed by atoms with E-state index >= 15 is 0 Å². The van der Waals surface area contributed by atoms with E-state index in [-0.39, 0.29) is 5.91 Å². The second-order valence-corrected chi connectivity index (χ2v) is 7.33. The number of aryl methyl sites for hydroxylation is 1. The number of carbonyl (C=O) groups excluding carboxylic acids is 1. The Morgan fingerprint density at radius 1 is 1.16 bits per heavy atom. The fraction of sp³-hybridized carbons (Fsp3) is 0.450. The highest BCUT2D eigenvalue weighted by atomic mass is 16.1. The molecule has 25 heavy (non-hydrogen) atoms. The molecular formula is C20H24N4O. The zero-order valence-electron chi connectivity index (χ0n) is 14.5. The molecule has 1 aromatic heterocycles. The second-order valence-electron chi connectivity index (χ2n) is 7.33. The summed E-state index contributed by atoms with van der Waals surface area (Å²) in [4.78, 5) is 21.1. The highest BCUT2D eigenvalue weighted by molar-refractivity contribution is 5.91. The van der Waals surface area contributed by atoms with E-state index in [9.17, 15) is 4.79 Å². The maximum atomic E-state index is 12.4. The monoisotopic (exact) mass is 336 g/mol. The number of fused-ring (bicyclic) bond motifs is 2. The number of nitrogens with one attached hydrogen (secondary N) is 2. The number of benzene rings is 1. The van der Waals surface area contributed by atoms with Crippen molar-refractivity contribution in [3.8, 4) is 11.4 Å². The van der Waals surface area contributed by atoms with Gasteiger partial charge < -0.3 is 10.6 Å². The van der Waals surface area contributed by atoms with Crippen molar-refractivity contribution in [3.05, 3.63) is 42.2 Å². The lowest BCUT2D eigenvalue weighted by molar-refractivity contribution is -0.117. The van der Waals surface area contributed by atoms with E-state index in [0.29, 0.717) is 30.2 Å². The van der Waals surface area contributed by atoms with Crippen LogP contribution in [0.2, 0.25) is 0 Å². The molecule has 2 bridgehead atoms. The third-order valence-electron chi connectivity index (χ3n) is 5.27. The Labute approximate surface area is 148 Å². The molecule has 5 nitrogen and oxygen atoms in total. The second kappa shape index (κ2) is 6.92. The lowest BCUT2D eigenvalue weighted by Crippen LogP contribution is -2.39. The van der Waals surface area contributed by atoms with Gasteiger partial charge in [-0.1, -0.05) is 0 Å². The van der Waals surface area contributed by atoms with Gasteiger partial charge in [0.25, 0.3) is 0 Å². The van der Waals surface area contributed by atoms with E-state index in [1.54, 1.807) is 6.20 Å². The van der Waals surface area contributed by atoms with Crippen LogP contribution >= 0.6 is 0 Å². The summed E-state index contributed by atoms with van der Waals surface area (Å²) in [7, 11) is 0. The van der Waals surface area contributed by atoms with Crippen LogP contribution < -0.4 is 10.6 Å². The molecule has 0 spiro atoms. The van der Waals surface area contributed by atoms with Crippen molar-refractivity contribution in [2.24, 2.45) is 5.92 Å². The third-order valence-corrected chi connectivity index (χ3v) is 5.27. The van der Waals surface area contributed by atoms with Crippen LogP contribution in [-0.2, 0) is 4.79 Å². The van der Waals surface area contributed by atoms with Crippen LogP contribution in [-0.4, -0.2) is 28.0 Å². The van der Waals surface area contributed by atoms with Crippen molar-refractivity contribution >= 4 is 11.6 Å². The summed E-state index contributed by atoms with van der Waals surface area (Å²) in [5.74, 6) is 1.34.